The van der Waals surface area contributed by atoms with Crippen LogP contribution in [0.25, 0.3) is 11.3 Å². The minimum absolute atomic E-state index is 0.0422. The minimum atomic E-state index is -0.385. The van der Waals surface area contributed by atoms with Gasteiger partial charge in [-0.3, -0.25) is 4.79 Å². The Bertz CT molecular complexity index is 535. The van der Waals surface area contributed by atoms with E-state index in [-0.39, 0.29) is 18.4 Å². The molecule has 0 spiro atoms. The number of carbonyl (C=O) groups excluding carboxylic acids is 1. The van der Waals surface area contributed by atoms with Crippen molar-refractivity contribution in [2.75, 3.05) is 14.2 Å². The number of aromatic nitrogens is 3. The van der Waals surface area contributed by atoms with E-state index in [0.717, 1.165) is 0 Å². The maximum atomic E-state index is 11.1. The summed E-state index contributed by atoms with van der Waals surface area (Å²) in [5, 5.41) is 3.83. The molecule has 7 nitrogen and oxygen atoms in total. The fraction of sp³-hybridized carbons (Fsp3) is 0.273. The standard InChI is InChI=1S/C11H11N3O4/c1-16-10(15)4-8-3-9(14-18-8)7-5-12-11(17-2)13-6-7/h3,5-6H,4H2,1-2H3. The fourth-order valence-corrected chi connectivity index (χ4v) is 1.30. The van der Waals surface area contributed by atoms with Gasteiger partial charge in [-0.15, -0.1) is 0 Å². The molecule has 7 heteroatoms. The van der Waals surface area contributed by atoms with Crippen LogP contribution in [-0.2, 0) is 16.0 Å². The van der Waals surface area contributed by atoms with Gasteiger partial charge < -0.3 is 14.0 Å². The number of esters is 1. The van der Waals surface area contributed by atoms with Crippen LogP contribution in [0.4, 0.5) is 0 Å². The van der Waals surface area contributed by atoms with Gasteiger partial charge in [0, 0.05) is 24.0 Å². The van der Waals surface area contributed by atoms with Crippen LogP contribution in [0.2, 0.25) is 0 Å². The summed E-state index contributed by atoms with van der Waals surface area (Å²) >= 11 is 0. The lowest BCUT2D eigenvalue weighted by atomic mass is 10.2. The first-order chi connectivity index (χ1) is 8.72. The molecular weight excluding hydrogens is 238 g/mol. The van der Waals surface area contributed by atoms with Crippen molar-refractivity contribution in [2.45, 2.75) is 6.42 Å². The topological polar surface area (TPSA) is 87.3 Å². The van der Waals surface area contributed by atoms with Crippen molar-refractivity contribution in [3.05, 3.63) is 24.2 Å². The van der Waals surface area contributed by atoms with Gasteiger partial charge in [0.05, 0.1) is 14.2 Å². The van der Waals surface area contributed by atoms with Crippen LogP contribution in [0.5, 0.6) is 6.01 Å². The van der Waals surface area contributed by atoms with E-state index in [0.29, 0.717) is 17.0 Å². The van der Waals surface area contributed by atoms with Crippen molar-refractivity contribution in [3.8, 4) is 17.3 Å². The van der Waals surface area contributed by atoms with E-state index in [2.05, 4.69) is 19.9 Å². The maximum absolute atomic E-state index is 11.1. The predicted molar refractivity (Wildman–Crippen MR) is 59.8 cm³/mol. The highest BCUT2D eigenvalue weighted by Gasteiger charge is 2.11. The molecule has 0 amide bonds. The van der Waals surface area contributed by atoms with E-state index < -0.39 is 0 Å². The lowest BCUT2D eigenvalue weighted by Crippen LogP contribution is -2.03. The maximum Gasteiger partial charge on any atom is 0.316 e. The SMILES string of the molecule is COC(=O)Cc1cc(-c2cnc(OC)nc2)no1. The average molecular weight is 249 g/mol. The van der Waals surface area contributed by atoms with E-state index in [1.165, 1.54) is 14.2 Å². The number of hydrogen-bond donors (Lipinski definition) is 0. The molecule has 2 rings (SSSR count). The Morgan fingerprint density at radius 3 is 2.67 bits per heavy atom. The van der Waals surface area contributed by atoms with Crippen LogP contribution in [0.15, 0.2) is 23.0 Å². The van der Waals surface area contributed by atoms with Gasteiger partial charge in [0.2, 0.25) is 0 Å². The van der Waals surface area contributed by atoms with E-state index in [1.807, 2.05) is 0 Å². The summed E-state index contributed by atoms with van der Waals surface area (Å²) in [5.74, 6) is 0.0383. The Kier molecular flexibility index (Phi) is 3.52. The second-order valence-corrected chi connectivity index (χ2v) is 3.39. The van der Waals surface area contributed by atoms with E-state index in [4.69, 9.17) is 9.26 Å². The van der Waals surface area contributed by atoms with Crippen molar-refractivity contribution >= 4 is 5.97 Å². The summed E-state index contributed by atoms with van der Waals surface area (Å²) < 4.78 is 14.4. The summed E-state index contributed by atoms with van der Waals surface area (Å²) in [6, 6.07) is 1.92. The first kappa shape index (κ1) is 12.0. The summed E-state index contributed by atoms with van der Waals surface area (Å²) in [4.78, 5) is 19.0. The van der Waals surface area contributed by atoms with Crippen molar-refractivity contribution in [1.82, 2.24) is 15.1 Å². The van der Waals surface area contributed by atoms with Crippen LogP contribution in [0, 0.1) is 0 Å². The minimum Gasteiger partial charge on any atom is -0.469 e. The molecule has 0 aromatic carbocycles. The van der Waals surface area contributed by atoms with Crippen molar-refractivity contribution < 1.29 is 18.8 Å². The molecule has 0 fully saturated rings. The lowest BCUT2D eigenvalue weighted by molar-refractivity contribution is -0.140. The van der Waals surface area contributed by atoms with Gasteiger partial charge in [-0.25, -0.2) is 9.97 Å². The number of hydrogen-bond acceptors (Lipinski definition) is 7. The molecule has 0 aliphatic heterocycles. The molecule has 18 heavy (non-hydrogen) atoms. The zero-order chi connectivity index (χ0) is 13.0. The Morgan fingerprint density at radius 2 is 2.06 bits per heavy atom. The Balaban J connectivity index is 2.15. The second kappa shape index (κ2) is 5.26. The monoisotopic (exact) mass is 249 g/mol. The molecule has 0 saturated heterocycles. The van der Waals surface area contributed by atoms with Gasteiger partial charge >= 0.3 is 12.0 Å². The van der Waals surface area contributed by atoms with Gasteiger partial charge in [0.15, 0.2) is 0 Å². The molecule has 2 heterocycles. The molecule has 2 aromatic heterocycles. The molecule has 2 aromatic rings. The predicted octanol–water partition coefficient (Wildman–Crippen LogP) is 0.856. The largest absolute Gasteiger partial charge is 0.469 e. The highest BCUT2D eigenvalue weighted by molar-refractivity contribution is 5.72. The van der Waals surface area contributed by atoms with Gasteiger partial charge in [-0.05, 0) is 0 Å². The first-order valence-corrected chi connectivity index (χ1v) is 5.11. The third kappa shape index (κ3) is 2.62. The van der Waals surface area contributed by atoms with Gasteiger partial charge in [0.1, 0.15) is 17.9 Å². The molecule has 0 bridgehead atoms. The van der Waals surface area contributed by atoms with Crippen molar-refractivity contribution in [1.29, 1.82) is 0 Å². The summed E-state index contributed by atoms with van der Waals surface area (Å²) in [5.41, 5.74) is 1.23. The number of nitrogens with zero attached hydrogens (tertiary/aromatic N) is 3. The summed E-state index contributed by atoms with van der Waals surface area (Å²) in [6.45, 7) is 0. The average Bonchev–Trinajstić information content (AvgIpc) is 2.87. The number of methoxy groups -OCH3 is 2. The van der Waals surface area contributed by atoms with Crippen LogP contribution in [0.1, 0.15) is 5.76 Å². The Hall–Kier alpha value is -2.44. The number of ether oxygens (including phenoxy) is 2. The van der Waals surface area contributed by atoms with Gasteiger partial charge in [-0.2, -0.15) is 0 Å². The summed E-state index contributed by atoms with van der Waals surface area (Å²) in [7, 11) is 2.80. The van der Waals surface area contributed by atoms with Gasteiger partial charge in [-0.1, -0.05) is 5.16 Å². The Labute approximate surface area is 103 Å². The van der Waals surface area contributed by atoms with Crippen LogP contribution in [-0.4, -0.2) is 35.3 Å². The highest BCUT2D eigenvalue weighted by atomic mass is 16.5. The molecule has 0 saturated carbocycles. The lowest BCUT2D eigenvalue weighted by Gasteiger charge is -1.97. The number of rotatable bonds is 4. The molecule has 0 aliphatic rings. The van der Waals surface area contributed by atoms with Crippen LogP contribution < -0.4 is 4.74 Å². The van der Waals surface area contributed by atoms with E-state index in [9.17, 15) is 4.79 Å². The van der Waals surface area contributed by atoms with E-state index >= 15 is 0 Å². The molecular formula is C11H11N3O4. The zero-order valence-electron chi connectivity index (χ0n) is 9.91. The first-order valence-electron chi connectivity index (χ1n) is 5.11. The van der Waals surface area contributed by atoms with E-state index in [1.54, 1.807) is 18.5 Å². The summed E-state index contributed by atoms with van der Waals surface area (Å²) in [6.07, 6.45) is 3.16. The Morgan fingerprint density at radius 1 is 1.33 bits per heavy atom. The quantitative estimate of drug-likeness (QED) is 0.742. The van der Waals surface area contributed by atoms with Crippen molar-refractivity contribution in [2.24, 2.45) is 0 Å². The molecule has 0 atom stereocenters. The second-order valence-electron chi connectivity index (χ2n) is 3.39. The normalized spacial score (nSPS) is 10.1. The smallest absolute Gasteiger partial charge is 0.316 e. The third-order valence-electron chi connectivity index (χ3n) is 2.21. The fourth-order valence-electron chi connectivity index (χ4n) is 1.30. The molecule has 94 valence electrons. The van der Waals surface area contributed by atoms with Crippen LogP contribution >= 0.6 is 0 Å². The molecule has 0 N–H and O–H groups in total. The van der Waals surface area contributed by atoms with Crippen LogP contribution in [0.3, 0.4) is 0 Å². The molecule has 0 radical (unpaired) electrons. The third-order valence-corrected chi connectivity index (χ3v) is 2.21. The van der Waals surface area contributed by atoms with Crippen molar-refractivity contribution in [3.63, 3.8) is 0 Å². The van der Waals surface area contributed by atoms with Gasteiger partial charge in [0.25, 0.3) is 0 Å². The zero-order valence-corrected chi connectivity index (χ0v) is 9.91. The highest BCUT2D eigenvalue weighted by Crippen LogP contribution is 2.18. The molecule has 0 aliphatic carbocycles. The number of carbonyl (C=O) groups is 1. The molecule has 0 unspecified atom stereocenters.